The second-order valence-electron chi connectivity index (χ2n) is 9.02. The number of ether oxygens (including phenoxy) is 3. The number of methoxy groups -OCH3 is 2. The normalized spacial score (nSPS) is 13.7. The lowest BCUT2D eigenvalue weighted by Gasteiger charge is -2.14. The number of aromatic nitrogens is 3. The van der Waals surface area contributed by atoms with Gasteiger partial charge in [-0.05, 0) is 42.2 Å². The van der Waals surface area contributed by atoms with E-state index in [0.717, 1.165) is 0 Å². The van der Waals surface area contributed by atoms with Crippen LogP contribution in [0.25, 0.3) is 11.0 Å². The van der Waals surface area contributed by atoms with Crippen LogP contribution in [0.4, 0.5) is 8.78 Å². The van der Waals surface area contributed by atoms with Crippen molar-refractivity contribution < 1.29 is 32.6 Å². The van der Waals surface area contributed by atoms with Crippen molar-refractivity contribution in [3.05, 3.63) is 77.6 Å². The molecule has 4 aromatic rings. The van der Waals surface area contributed by atoms with Gasteiger partial charge in [0.2, 0.25) is 0 Å². The van der Waals surface area contributed by atoms with E-state index in [1.807, 2.05) is 0 Å². The van der Waals surface area contributed by atoms with Crippen LogP contribution >= 0.6 is 0 Å². The number of halogens is 2. The van der Waals surface area contributed by atoms with Crippen LogP contribution in [0.2, 0.25) is 0 Å². The van der Waals surface area contributed by atoms with Gasteiger partial charge in [0.25, 0.3) is 11.8 Å². The molecule has 0 amide bonds. The van der Waals surface area contributed by atoms with E-state index in [1.165, 1.54) is 63.0 Å². The van der Waals surface area contributed by atoms with Gasteiger partial charge in [-0.2, -0.15) is 0 Å². The van der Waals surface area contributed by atoms with Gasteiger partial charge in [-0.3, -0.25) is 14.6 Å². The maximum Gasteiger partial charge on any atom is 0.257 e. The summed E-state index contributed by atoms with van der Waals surface area (Å²) in [5.74, 6) is -1.18. The van der Waals surface area contributed by atoms with Gasteiger partial charge in [-0.1, -0.05) is 12.1 Å². The van der Waals surface area contributed by atoms with E-state index in [2.05, 4.69) is 15.0 Å². The Kier molecular flexibility index (Phi) is 6.71. The van der Waals surface area contributed by atoms with Crippen LogP contribution in [-0.2, 0) is 22.4 Å². The van der Waals surface area contributed by atoms with E-state index >= 15 is 0 Å². The van der Waals surface area contributed by atoms with E-state index in [0.29, 0.717) is 40.8 Å². The predicted octanol–water partition coefficient (Wildman–Crippen LogP) is 4.82. The molecule has 1 aliphatic carbocycles. The number of pyridine rings is 3. The number of hydrogen-bond donors (Lipinski definition) is 0. The molecule has 5 rings (SSSR count). The molecule has 8 nitrogen and oxygen atoms in total. The van der Waals surface area contributed by atoms with Crippen LogP contribution in [-0.4, -0.2) is 40.7 Å². The largest absolute Gasteiger partial charge is 0.491 e. The first kappa shape index (κ1) is 25.2. The van der Waals surface area contributed by atoms with Gasteiger partial charge >= 0.3 is 0 Å². The van der Waals surface area contributed by atoms with Gasteiger partial charge in [0.05, 0.1) is 25.2 Å². The Morgan fingerprint density at radius 1 is 0.868 bits per heavy atom. The summed E-state index contributed by atoms with van der Waals surface area (Å²) < 4.78 is 44.3. The van der Waals surface area contributed by atoms with Gasteiger partial charge in [-0.25, -0.2) is 18.7 Å². The highest BCUT2D eigenvalue weighted by molar-refractivity contribution is 6.10. The minimum atomic E-state index is -1.08. The summed E-state index contributed by atoms with van der Waals surface area (Å²) in [6, 6.07) is 9.92. The molecule has 0 N–H and O–H groups in total. The molecule has 194 valence electrons. The topological polar surface area (TPSA) is 100 Å². The van der Waals surface area contributed by atoms with Gasteiger partial charge in [0.15, 0.2) is 28.9 Å². The van der Waals surface area contributed by atoms with E-state index in [-0.39, 0.29) is 41.9 Å². The Hall–Kier alpha value is -4.47. The van der Waals surface area contributed by atoms with Crippen LogP contribution in [0.15, 0.2) is 54.9 Å². The van der Waals surface area contributed by atoms with Crippen LogP contribution in [0.3, 0.4) is 0 Å². The highest BCUT2D eigenvalue weighted by atomic mass is 19.1. The maximum atomic E-state index is 15.0. The molecule has 1 fully saturated rings. The molecule has 38 heavy (non-hydrogen) atoms. The fraction of sp³-hybridized carbons (Fsp3) is 0.250. The third kappa shape index (κ3) is 4.89. The number of ketones is 2. The first-order valence-electron chi connectivity index (χ1n) is 11.8. The number of rotatable bonds is 10. The summed E-state index contributed by atoms with van der Waals surface area (Å²) in [6.07, 6.45) is 3.61. The SMILES string of the molecule is COc1cc2nccc(Oc3ncc(CC(=O)C4(C(=O)Cc5ccc(F)cc5)CC4)cc3F)c2nc1OC. The van der Waals surface area contributed by atoms with Crippen molar-refractivity contribution in [3.63, 3.8) is 0 Å². The molecule has 0 radical (unpaired) electrons. The molecule has 3 heterocycles. The number of hydrogen-bond acceptors (Lipinski definition) is 8. The molecule has 0 unspecified atom stereocenters. The zero-order valence-electron chi connectivity index (χ0n) is 20.7. The van der Waals surface area contributed by atoms with E-state index in [1.54, 1.807) is 6.07 Å². The van der Waals surface area contributed by atoms with Crippen LogP contribution in [0, 0.1) is 17.0 Å². The van der Waals surface area contributed by atoms with Gasteiger partial charge in [0, 0.05) is 37.4 Å². The van der Waals surface area contributed by atoms with E-state index in [9.17, 15) is 18.4 Å². The second kappa shape index (κ2) is 10.1. The van der Waals surface area contributed by atoms with Crippen molar-refractivity contribution in [2.75, 3.05) is 14.2 Å². The molecular formula is C28H23F2N3O5. The lowest BCUT2D eigenvalue weighted by molar-refractivity contribution is -0.133. The zero-order chi connectivity index (χ0) is 26.9. The van der Waals surface area contributed by atoms with Crippen molar-refractivity contribution in [2.24, 2.45) is 5.41 Å². The average Bonchev–Trinajstić information content (AvgIpc) is 3.73. The fourth-order valence-electron chi connectivity index (χ4n) is 4.28. The van der Waals surface area contributed by atoms with E-state index in [4.69, 9.17) is 14.2 Å². The number of fused-ring (bicyclic) bond motifs is 1. The molecule has 0 aliphatic heterocycles. The molecule has 0 saturated heterocycles. The lowest BCUT2D eigenvalue weighted by Crippen LogP contribution is -2.29. The minimum Gasteiger partial charge on any atom is -0.491 e. The Balaban J connectivity index is 1.31. The molecule has 3 aromatic heterocycles. The monoisotopic (exact) mass is 519 g/mol. The Labute approximate surface area is 216 Å². The van der Waals surface area contributed by atoms with Crippen LogP contribution in [0.1, 0.15) is 24.0 Å². The molecular weight excluding hydrogens is 496 g/mol. The quantitative estimate of drug-likeness (QED) is 0.275. The summed E-state index contributed by atoms with van der Waals surface area (Å²) in [4.78, 5) is 38.6. The smallest absolute Gasteiger partial charge is 0.257 e. The Bertz CT molecular complexity index is 1540. The fourth-order valence-corrected chi connectivity index (χ4v) is 4.28. The van der Waals surface area contributed by atoms with Gasteiger partial charge < -0.3 is 14.2 Å². The Morgan fingerprint density at radius 2 is 1.58 bits per heavy atom. The zero-order valence-corrected chi connectivity index (χ0v) is 20.7. The number of carbonyl (C=O) groups excluding carboxylic acids is 2. The number of carbonyl (C=O) groups is 2. The van der Waals surface area contributed by atoms with Crippen molar-refractivity contribution in [1.29, 1.82) is 0 Å². The summed E-state index contributed by atoms with van der Waals surface area (Å²) in [7, 11) is 2.92. The highest BCUT2D eigenvalue weighted by Crippen LogP contribution is 2.49. The standard InChI is InChI=1S/C28H23F2N3O5/c1-36-22-14-20-25(33-27(22)37-2)21(7-10-31-20)38-26-19(30)11-17(15-32-26)13-24(35)28(8-9-28)23(34)12-16-3-5-18(29)6-4-16/h3-7,10-11,14-15H,8-9,12-13H2,1-2H3. The summed E-state index contributed by atoms with van der Waals surface area (Å²) in [5, 5.41) is 0. The minimum absolute atomic E-state index is 0.0377. The first-order chi connectivity index (χ1) is 18.3. The van der Waals surface area contributed by atoms with Crippen LogP contribution in [0.5, 0.6) is 23.3 Å². The second-order valence-corrected chi connectivity index (χ2v) is 9.02. The summed E-state index contributed by atoms with van der Waals surface area (Å²) in [5.41, 5.74) is 0.648. The molecule has 0 spiro atoms. The molecule has 1 aromatic carbocycles. The molecule has 1 aliphatic rings. The van der Waals surface area contributed by atoms with Gasteiger partial charge in [-0.15, -0.1) is 0 Å². The first-order valence-corrected chi connectivity index (χ1v) is 11.8. The van der Waals surface area contributed by atoms with Crippen molar-refractivity contribution in [1.82, 2.24) is 15.0 Å². The Morgan fingerprint density at radius 3 is 2.21 bits per heavy atom. The third-order valence-corrected chi connectivity index (χ3v) is 6.55. The lowest BCUT2D eigenvalue weighted by atomic mass is 9.88. The predicted molar refractivity (Wildman–Crippen MR) is 132 cm³/mol. The average molecular weight is 520 g/mol. The molecule has 10 heteroatoms. The molecule has 0 atom stereocenters. The number of Topliss-reactive ketones (excluding diaryl/α,β-unsaturated/α-hetero) is 2. The van der Waals surface area contributed by atoms with Crippen molar-refractivity contribution in [3.8, 4) is 23.3 Å². The molecule has 0 bridgehead atoms. The molecule has 1 saturated carbocycles. The van der Waals surface area contributed by atoms with E-state index < -0.39 is 17.0 Å². The van der Waals surface area contributed by atoms with Crippen LogP contribution < -0.4 is 14.2 Å². The number of nitrogens with zero attached hydrogens (tertiary/aromatic N) is 3. The van der Waals surface area contributed by atoms with Gasteiger partial charge in [0.1, 0.15) is 11.3 Å². The van der Waals surface area contributed by atoms with Crippen molar-refractivity contribution in [2.45, 2.75) is 25.7 Å². The summed E-state index contributed by atoms with van der Waals surface area (Å²) in [6.45, 7) is 0. The summed E-state index contributed by atoms with van der Waals surface area (Å²) >= 11 is 0. The maximum absolute atomic E-state index is 15.0. The third-order valence-electron chi connectivity index (χ3n) is 6.55. The van der Waals surface area contributed by atoms with Crippen molar-refractivity contribution >= 4 is 22.6 Å². The number of benzene rings is 1. The highest BCUT2D eigenvalue weighted by Gasteiger charge is 2.54.